The number of ketones is 1. The van der Waals surface area contributed by atoms with E-state index < -0.39 is 0 Å². The van der Waals surface area contributed by atoms with Crippen LogP contribution in [0.2, 0.25) is 0 Å². The Morgan fingerprint density at radius 1 is 1.13 bits per heavy atom. The molecule has 2 heterocycles. The highest BCUT2D eigenvalue weighted by Gasteiger charge is 2.33. The van der Waals surface area contributed by atoms with E-state index in [4.69, 9.17) is 14.2 Å². The Kier molecular flexibility index (Phi) is 5.92. The van der Waals surface area contributed by atoms with Crippen molar-refractivity contribution in [1.82, 2.24) is 4.90 Å². The number of rotatable bonds is 5. The van der Waals surface area contributed by atoms with E-state index in [-0.39, 0.29) is 17.3 Å². The molecule has 6 heteroatoms. The third kappa shape index (κ3) is 4.26. The molecule has 4 rings (SSSR count). The molecule has 1 N–H and O–H groups in total. The predicted molar refractivity (Wildman–Crippen MR) is 119 cm³/mol. The lowest BCUT2D eigenvalue weighted by Crippen LogP contribution is -2.38. The summed E-state index contributed by atoms with van der Waals surface area (Å²) in [6, 6.07) is 8.60. The average molecular weight is 424 g/mol. The second-order valence-corrected chi connectivity index (χ2v) is 8.63. The summed E-state index contributed by atoms with van der Waals surface area (Å²) in [6.07, 6.45) is 2.88. The van der Waals surface area contributed by atoms with E-state index in [1.54, 1.807) is 44.6 Å². The second kappa shape index (κ2) is 8.63. The van der Waals surface area contributed by atoms with Crippen LogP contribution in [-0.2, 0) is 6.54 Å². The zero-order valence-corrected chi connectivity index (χ0v) is 18.5. The Morgan fingerprint density at radius 3 is 2.55 bits per heavy atom. The zero-order valence-electron chi connectivity index (χ0n) is 18.5. The third-order valence-electron chi connectivity index (χ3n) is 5.97. The van der Waals surface area contributed by atoms with Gasteiger partial charge in [-0.2, -0.15) is 0 Å². The van der Waals surface area contributed by atoms with Crippen LogP contribution in [0.4, 0.5) is 0 Å². The van der Waals surface area contributed by atoms with Crippen LogP contribution < -0.4 is 14.2 Å². The number of phenols is 1. The first kappa shape index (κ1) is 21.2. The highest BCUT2D eigenvalue weighted by molar-refractivity contribution is 6.15. The normalized spacial score (nSPS) is 22.3. The molecule has 0 bridgehead atoms. The van der Waals surface area contributed by atoms with Gasteiger partial charge in [0.25, 0.3) is 0 Å². The Hall–Kier alpha value is -2.99. The molecule has 0 amide bonds. The number of fused-ring (bicyclic) bond motifs is 1. The van der Waals surface area contributed by atoms with Crippen LogP contribution in [-0.4, -0.2) is 43.1 Å². The standard InChI is InChI=1S/C25H29NO5/c1-15-9-16(2)13-26(12-15)14-20-21(27)8-7-19-24(28)23(31-25(19)20)10-17-5-6-18(29-3)11-22(17)30-4/h5-8,10-11,15-16,27H,9,12-14H2,1-4H3/b23-10-/t15-,16+. The molecular weight excluding hydrogens is 394 g/mol. The molecule has 0 aromatic heterocycles. The van der Waals surface area contributed by atoms with Gasteiger partial charge in [-0.25, -0.2) is 0 Å². The SMILES string of the molecule is COc1ccc(/C=C2\Oc3c(ccc(O)c3CN3C[C@H](C)C[C@H](C)C3)C2=O)c(OC)c1. The van der Waals surface area contributed by atoms with E-state index in [1.165, 1.54) is 6.42 Å². The van der Waals surface area contributed by atoms with Crippen LogP contribution >= 0.6 is 0 Å². The summed E-state index contributed by atoms with van der Waals surface area (Å²) in [4.78, 5) is 15.4. The molecule has 0 saturated carbocycles. The molecule has 2 aliphatic heterocycles. The number of piperidine rings is 1. The molecule has 0 aliphatic carbocycles. The van der Waals surface area contributed by atoms with E-state index in [1.807, 2.05) is 6.07 Å². The van der Waals surface area contributed by atoms with Gasteiger partial charge in [-0.05, 0) is 48.6 Å². The molecule has 2 aromatic rings. The minimum absolute atomic E-state index is 0.153. The van der Waals surface area contributed by atoms with Gasteiger partial charge in [0.2, 0.25) is 5.78 Å². The first-order valence-corrected chi connectivity index (χ1v) is 10.6. The molecule has 6 nitrogen and oxygen atoms in total. The monoisotopic (exact) mass is 423 g/mol. The van der Waals surface area contributed by atoms with E-state index in [0.717, 1.165) is 13.1 Å². The molecule has 2 aliphatic rings. The number of likely N-dealkylation sites (tertiary alicyclic amines) is 1. The largest absolute Gasteiger partial charge is 0.507 e. The van der Waals surface area contributed by atoms with Gasteiger partial charge in [0.1, 0.15) is 23.0 Å². The van der Waals surface area contributed by atoms with Gasteiger partial charge in [0, 0.05) is 31.3 Å². The number of carbonyl (C=O) groups is 1. The molecule has 31 heavy (non-hydrogen) atoms. The summed E-state index contributed by atoms with van der Waals surface area (Å²) < 4.78 is 16.7. The number of allylic oxidation sites excluding steroid dienone is 1. The van der Waals surface area contributed by atoms with Crippen molar-refractivity contribution in [3.05, 3.63) is 52.8 Å². The number of hydrogen-bond acceptors (Lipinski definition) is 6. The van der Waals surface area contributed by atoms with Gasteiger partial charge in [-0.3, -0.25) is 9.69 Å². The first-order chi connectivity index (χ1) is 14.9. The fraction of sp³-hybridized carbons (Fsp3) is 0.400. The Bertz CT molecular complexity index is 1020. The Labute approximate surface area is 183 Å². The Balaban J connectivity index is 1.65. The predicted octanol–water partition coefficient (Wildman–Crippen LogP) is 4.50. The first-order valence-electron chi connectivity index (χ1n) is 10.6. The highest BCUT2D eigenvalue weighted by Crippen LogP contribution is 2.41. The summed E-state index contributed by atoms with van der Waals surface area (Å²) in [5.41, 5.74) is 1.85. The molecule has 1 fully saturated rings. The van der Waals surface area contributed by atoms with E-state index in [9.17, 15) is 9.90 Å². The average Bonchev–Trinajstić information content (AvgIpc) is 3.05. The summed E-state index contributed by atoms with van der Waals surface area (Å²) in [6.45, 7) is 6.98. The zero-order chi connectivity index (χ0) is 22.1. The minimum Gasteiger partial charge on any atom is -0.507 e. The van der Waals surface area contributed by atoms with Crippen LogP contribution in [0, 0.1) is 11.8 Å². The highest BCUT2D eigenvalue weighted by atomic mass is 16.5. The quantitative estimate of drug-likeness (QED) is 0.714. The molecule has 1 saturated heterocycles. The van der Waals surface area contributed by atoms with Crippen molar-refractivity contribution in [2.24, 2.45) is 11.8 Å². The maximum Gasteiger partial charge on any atom is 0.231 e. The second-order valence-electron chi connectivity index (χ2n) is 8.63. The number of methoxy groups -OCH3 is 2. The molecule has 164 valence electrons. The lowest BCUT2D eigenvalue weighted by molar-refractivity contribution is 0.101. The summed E-state index contributed by atoms with van der Waals surface area (Å²) in [7, 11) is 3.16. The van der Waals surface area contributed by atoms with Crippen molar-refractivity contribution < 1.29 is 24.1 Å². The van der Waals surface area contributed by atoms with Crippen molar-refractivity contribution in [3.63, 3.8) is 0 Å². The number of hydrogen-bond donors (Lipinski definition) is 1. The topological polar surface area (TPSA) is 68.2 Å². The lowest BCUT2D eigenvalue weighted by Gasteiger charge is -2.35. The van der Waals surface area contributed by atoms with Gasteiger partial charge < -0.3 is 19.3 Å². The van der Waals surface area contributed by atoms with Gasteiger partial charge >= 0.3 is 0 Å². The van der Waals surface area contributed by atoms with Crippen molar-refractivity contribution in [2.75, 3.05) is 27.3 Å². The number of phenolic OH excluding ortho intramolecular Hbond substituents is 1. The Morgan fingerprint density at radius 2 is 1.87 bits per heavy atom. The van der Waals surface area contributed by atoms with Crippen molar-refractivity contribution in [1.29, 1.82) is 0 Å². The third-order valence-corrected chi connectivity index (χ3v) is 5.97. The number of Topliss-reactive ketones (excluding diaryl/α,β-unsaturated/α-hetero) is 1. The van der Waals surface area contributed by atoms with Crippen LogP contribution in [0.3, 0.4) is 0 Å². The van der Waals surface area contributed by atoms with Crippen LogP contribution in [0.5, 0.6) is 23.0 Å². The molecular formula is C25H29NO5. The fourth-order valence-electron chi connectivity index (χ4n) is 4.67. The van der Waals surface area contributed by atoms with Crippen molar-refractivity contribution in [3.8, 4) is 23.0 Å². The van der Waals surface area contributed by atoms with Crippen LogP contribution in [0.1, 0.15) is 41.8 Å². The molecule has 2 atom stereocenters. The smallest absolute Gasteiger partial charge is 0.231 e. The molecule has 0 radical (unpaired) electrons. The number of aromatic hydroxyl groups is 1. The summed E-state index contributed by atoms with van der Waals surface area (Å²) >= 11 is 0. The van der Waals surface area contributed by atoms with Gasteiger partial charge in [-0.1, -0.05) is 13.8 Å². The van der Waals surface area contributed by atoms with E-state index in [2.05, 4.69) is 18.7 Å². The van der Waals surface area contributed by atoms with Gasteiger partial charge in [-0.15, -0.1) is 0 Å². The van der Waals surface area contributed by atoms with E-state index >= 15 is 0 Å². The van der Waals surface area contributed by atoms with Crippen LogP contribution in [0.25, 0.3) is 6.08 Å². The summed E-state index contributed by atoms with van der Waals surface area (Å²) in [5, 5.41) is 10.6. The maximum absolute atomic E-state index is 13.0. The van der Waals surface area contributed by atoms with E-state index in [0.29, 0.717) is 52.3 Å². The molecule has 0 spiro atoms. The number of carbonyl (C=O) groups excluding carboxylic acids is 1. The van der Waals surface area contributed by atoms with Crippen LogP contribution in [0.15, 0.2) is 36.1 Å². The summed E-state index contributed by atoms with van der Waals surface area (Å²) in [5.74, 6) is 3.07. The van der Waals surface area contributed by atoms with Gasteiger partial charge in [0.15, 0.2) is 5.76 Å². The van der Waals surface area contributed by atoms with Crippen molar-refractivity contribution in [2.45, 2.75) is 26.8 Å². The van der Waals surface area contributed by atoms with Gasteiger partial charge in [0.05, 0.1) is 25.3 Å². The number of benzene rings is 2. The fourth-order valence-corrected chi connectivity index (χ4v) is 4.67. The molecule has 0 unspecified atom stereocenters. The number of nitrogens with zero attached hydrogens (tertiary/aromatic N) is 1. The molecule has 2 aromatic carbocycles. The maximum atomic E-state index is 13.0. The van der Waals surface area contributed by atoms with Crippen molar-refractivity contribution >= 4 is 11.9 Å². The number of ether oxygens (including phenoxy) is 3. The lowest BCUT2D eigenvalue weighted by atomic mass is 9.91. The minimum atomic E-state index is -0.200.